The molecule has 1 aromatic carbocycles. The number of rotatable bonds is 3. The molecule has 1 aliphatic heterocycles. The summed E-state index contributed by atoms with van der Waals surface area (Å²) in [4.78, 5) is 1.05. The molecule has 4 heteroatoms. The highest BCUT2D eigenvalue weighted by Crippen LogP contribution is 2.34. The predicted molar refractivity (Wildman–Crippen MR) is 71.9 cm³/mol. The van der Waals surface area contributed by atoms with E-state index in [2.05, 4.69) is 0 Å². The van der Waals surface area contributed by atoms with E-state index in [0.29, 0.717) is 31.8 Å². The number of aliphatic hydroxyl groups is 1. The first kappa shape index (κ1) is 13.2. The van der Waals surface area contributed by atoms with Gasteiger partial charge in [0, 0.05) is 36.7 Å². The van der Waals surface area contributed by atoms with Crippen molar-refractivity contribution in [3.8, 4) is 0 Å². The maximum absolute atomic E-state index is 10.3. The highest BCUT2D eigenvalue weighted by Gasteiger charge is 2.29. The second kappa shape index (κ2) is 5.61. The summed E-state index contributed by atoms with van der Waals surface area (Å²) in [6, 6.07) is 6.00. The average molecular weight is 273 g/mol. The van der Waals surface area contributed by atoms with Crippen molar-refractivity contribution in [3.63, 3.8) is 0 Å². The van der Waals surface area contributed by atoms with Crippen LogP contribution in [0.4, 0.5) is 0 Å². The molecule has 0 amide bonds. The van der Waals surface area contributed by atoms with Crippen molar-refractivity contribution >= 4 is 23.4 Å². The van der Waals surface area contributed by atoms with Crippen LogP contribution in [0.25, 0.3) is 0 Å². The summed E-state index contributed by atoms with van der Waals surface area (Å²) < 4.78 is 5.26. The summed E-state index contributed by atoms with van der Waals surface area (Å²) in [6.45, 7) is 3.30. The van der Waals surface area contributed by atoms with Gasteiger partial charge in [0.2, 0.25) is 0 Å². The summed E-state index contributed by atoms with van der Waals surface area (Å²) in [5.74, 6) is 0.680. The van der Waals surface area contributed by atoms with Gasteiger partial charge in [0.1, 0.15) is 0 Å². The van der Waals surface area contributed by atoms with Crippen molar-refractivity contribution < 1.29 is 9.84 Å². The van der Waals surface area contributed by atoms with Crippen LogP contribution in [0, 0.1) is 6.92 Å². The molecule has 1 heterocycles. The lowest BCUT2D eigenvalue weighted by Gasteiger charge is -2.31. The predicted octanol–water partition coefficient (Wildman–Crippen LogP) is 3.28. The third-order valence-electron chi connectivity index (χ3n) is 3.08. The molecule has 0 radical (unpaired) electrons. The molecule has 1 aromatic rings. The number of hydrogen-bond acceptors (Lipinski definition) is 3. The molecular weight excluding hydrogens is 256 g/mol. The fourth-order valence-electron chi connectivity index (χ4n) is 1.84. The van der Waals surface area contributed by atoms with E-state index in [4.69, 9.17) is 16.3 Å². The van der Waals surface area contributed by atoms with Crippen LogP contribution in [0.15, 0.2) is 23.1 Å². The number of ether oxygens (including phenoxy) is 1. The summed E-state index contributed by atoms with van der Waals surface area (Å²) in [7, 11) is 0. The quantitative estimate of drug-likeness (QED) is 0.857. The smallest absolute Gasteiger partial charge is 0.0785 e. The maximum Gasteiger partial charge on any atom is 0.0785 e. The lowest BCUT2D eigenvalue weighted by atomic mass is 9.97. The first-order valence-electron chi connectivity index (χ1n) is 5.79. The van der Waals surface area contributed by atoms with Gasteiger partial charge < -0.3 is 9.84 Å². The van der Waals surface area contributed by atoms with Gasteiger partial charge in [0.25, 0.3) is 0 Å². The van der Waals surface area contributed by atoms with E-state index >= 15 is 0 Å². The van der Waals surface area contributed by atoms with Crippen LogP contribution in [0.2, 0.25) is 5.02 Å². The van der Waals surface area contributed by atoms with Gasteiger partial charge in [-0.05, 0) is 18.6 Å². The van der Waals surface area contributed by atoms with Crippen LogP contribution >= 0.6 is 23.4 Å². The molecule has 17 heavy (non-hydrogen) atoms. The van der Waals surface area contributed by atoms with Crippen molar-refractivity contribution in [2.45, 2.75) is 30.3 Å². The Morgan fingerprint density at radius 3 is 2.82 bits per heavy atom. The summed E-state index contributed by atoms with van der Waals surface area (Å²) >= 11 is 7.86. The number of hydrogen-bond donors (Lipinski definition) is 1. The molecule has 0 saturated carbocycles. The normalized spacial score (nSPS) is 19.2. The SMILES string of the molecule is Cc1cccc(SCC2(O)CCOCC2)c1Cl. The molecule has 0 aromatic heterocycles. The zero-order valence-electron chi connectivity index (χ0n) is 9.91. The largest absolute Gasteiger partial charge is 0.389 e. The third kappa shape index (κ3) is 3.38. The van der Waals surface area contributed by atoms with Gasteiger partial charge in [-0.2, -0.15) is 0 Å². The van der Waals surface area contributed by atoms with E-state index in [-0.39, 0.29) is 0 Å². The minimum atomic E-state index is -0.601. The van der Waals surface area contributed by atoms with E-state index in [0.717, 1.165) is 15.5 Å². The molecule has 1 N–H and O–H groups in total. The molecular formula is C13H17ClO2S. The van der Waals surface area contributed by atoms with Crippen LogP contribution in [0.5, 0.6) is 0 Å². The van der Waals surface area contributed by atoms with Crippen molar-refractivity contribution in [2.24, 2.45) is 0 Å². The zero-order valence-corrected chi connectivity index (χ0v) is 11.5. The van der Waals surface area contributed by atoms with Gasteiger partial charge in [0.15, 0.2) is 0 Å². The van der Waals surface area contributed by atoms with Gasteiger partial charge in [-0.3, -0.25) is 0 Å². The van der Waals surface area contributed by atoms with E-state index in [1.807, 2.05) is 25.1 Å². The molecule has 1 fully saturated rings. The van der Waals surface area contributed by atoms with Crippen molar-refractivity contribution in [1.29, 1.82) is 0 Å². The molecule has 2 rings (SSSR count). The summed E-state index contributed by atoms with van der Waals surface area (Å²) in [5, 5.41) is 11.1. The minimum absolute atomic E-state index is 0.601. The standard InChI is InChI=1S/C13H17ClO2S/c1-10-3-2-4-11(12(10)14)17-9-13(15)5-7-16-8-6-13/h2-4,15H,5-9H2,1H3. The minimum Gasteiger partial charge on any atom is -0.389 e. The van der Waals surface area contributed by atoms with Gasteiger partial charge in [-0.15, -0.1) is 11.8 Å². The van der Waals surface area contributed by atoms with Crippen LogP contribution in [0.3, 0.4) is 0 Å². The van der Waals surface area contributed by atoms with E-state index < -0.39 is 5.60 Å². The number of halogens is 1. The van der Waals surface area contributed by atoms with Crippen molar-refractivity contribution in [1.82, 2.24) is 0 Å². The summed E-state index contributed by atoms with van der Waals surface area (Å²) in [5.41, 5.74) is 0.478. The number of benzene rings is 1. The van der Waals surface area contributed by atoms with Gasteiger partial charge in [-0.25, -0.2) is 0 Å². The zero-order chi connectivity index (χ0) is 12.3. The van der Waals surface area contributed by atoms with E-state index in [1.54, 1.807) is 11.8 Å². The fourth-order valence-corrected chi connectivity index (χ4v) is 3.30. The van der Waals surface area contributed by atoms with Crippen LogP contribution < -0.4 is 0 Å². The first-order valence-corrected chi connectivity index (χ1v) is 7.15. The topological polar surface area (TPSA) is 29.5 Å². The molecule has 94 valence electrons. The molecule has 0 unspecified atom stereocenters. The Kier molecular flexibility index (Phi) is 4.36. The number of thioether (sulfide) groups is 1. The molecule has 2 nitrogen and oxygen atoms in total. The Morgan fingerprint density at radius 2 is 2.12 bits per heavy atom. The van der Waals surface area contributed by atoms with Crippen LogP contribution in [-0.4, -0.2) is 29.7 Å². The Bertz CT molecular complexity index is 389. The Hall–Kier alpha value is -0.220. The Morgan fingerprint density at radius 1 is 1.41 bits per heavy atom. The third-order valence-corrected chi connectivity index (χ3v) is 5.02. The van der Waals surface area contributed by atoms with E-state index in [9.17, 15) is 5.11 Å². The van der Waals surface area contributed by atoms with E-state index in [1.165, 1.54) is 0 Å². The Labute approximate surface area is 111 Å². The lowest BCUT2D eigenvalue weighted by molar-refractivity contribution is -0.0476. The van der Waals surface area contributed by atoms with Gasteiger partial charge in [-0.1, -0.05) is 23.7 Å². The van der Waals surface area contributed by atoms with Crippen molar-refractivity contribution in [2.75, 3.05) is 19.0 Å². The Balaban J connectivity index is 1.99. The monoisotopic (exact) mass is 272 g/mol. The lowest BCUT2D eigenvalue weighted by Crippen LogP contribution is -2.38. The van der Waals surface area contributed by atoms with Gasteiger partial charge in [0.05, 0.1) is 10.6 Å². The molecule has 0 bridgehead atoms. The molecule has 1 saturated heterocycles. The summed E-state index contributed by atoms with van der Waals surface area (Å²) in [6.07, 6.45) is 1.42. The second-order valence-electron chi connectivity index (χ2n) is 4.51. The van der Waals surface area contributed by atoms with Crippen molar-refractivity contribution in [3.05, 3.63) is 28.8 Å². The molecule has 1 aliphatic rings. The maximum atomic E-state index is 10.3. The molecule has 0 atom stereocenters. The first-order chi connectivity index (χ1) is 8.11. The van der Waals surface area contributed by atoms with Crippen LogP contribution in [0.1, 0.15) is 18.4 Å². The molecule has 0 aliphatic carbocycles. The number of aryl methyl sites for hydroxylation is 1. The highest BCUT2D eigenvalue weighted by atomic mass is 35.5. The highest BCUT2D eigenvalue weighted by molar-refractivity contribution is 7.99. The van der Waals surface area contributed by atoms with Crippen LogP contribution in [-0.2, 0) is 4.74 Å². The second-order valence-corrected chi connectivity index (χ2v) is 5.91. The van der Waals surface area contributed by atoms with Gasteiger partial charge >= 0.3 is 0 Å². The average Bonchev–Trinajstić information content (AvgIpc) is 2.32. The molecule has 0 spiro atoms. The fraction of sp³-hybridized carbons (Fsp3) is 0.538.